The molecule has 0 unspecified atom stereocenters. The highest BCUT2D eigenvalue weighted by molar-refractivity contribution is 5.65. The Labute approximate surface area is 88.7 Å². The van der Waals surface area contributed by atoms with Crippen molar-refractivity contribution in [3.63, 3.8) is 0 Å². The smallest absolute Gasteiger partial charge is 0.194 e. The van der Waals surface area contributed by atoms with Gasteiger partial charge in [0.1, 0.15) is 0 Å². The Hall–Kier alpha value is -1.98. The average Bonchev–Trinajstić information content (AvgIpc) is 2.56. The summed E-state index contributed by atoms with van der Waals surface area (Å²) in [5.41, 5.74) is 5.92. The Balaban J connectivity index is 2.61. The molecule has 1 aromatic heterocycles. The highest BCUT2D eigenvalue weighted by Gasteiger charge is 2.17. The van der Waals surface area contributed by atoms with Crippen LogP contribution in [0.4, 0.5) is 19.0 Å². The summed E-state index contributed by atoms with van der Waals surface area (Å²) in [6, 6.07) is 1.65. The van der Waals surface area contributed by atoms with Crippen LogP contribution in [0.2, 0.25) is 0 Å². The van der Waals surface area contributed by atoms with Gasteiger partial charge in [-0.2, -0.15) is 0 Å². The molecule has 6 heteroatoms. The molecule has 0 radical (unpaired) electrons. The minimum absolute atomic E-state index is 0.0538. The normalized spacial score (nSPS) is 10.8. The van der Waals surface area contributed by atoms with E-state index in [0.717, 1.165) is 12.1 Å². The molecule has 0 saturated carbocycles. The summed E-state index contributed by atoms with van der Waals surface area (Å²) in [6.45, 7) is 1.58. The molecule has 2 rings (SSSR count). The Morgan fingerprint density at radius 3 is 2.19 bits per heavy atom. The Morgan fingerprint density at radius 1 is 1.19 bits per heavy atom. The Bertz CT molecular complexity index is 528. The van der Waals surface area contributed by atoms with Crippen molar-refractivity contribution in [3.05, 3.63) is 35.1 Å². The van der Waals surface area contributed by atoms with Crippen molar-refractivity contribution in [1.29, 1.82) is 0 Å². The van der Waals surface area contributed by atoms with Gasteiger partial charge in [0.25, 0.3) is 0 Å². The maximum absolute atomic E-state index is 13.0. The first-order valence-corrected chi connectivity index (χ1v) is 4.37. The molecule has 16 heavy (non-hydrogen) atoms. The molecule has 0 spiro atoms. The maximum atomic E-state index is 13.0. The summed E-state index contributed by atoms with van der Waals surface area (Å²) in [4.78, 5) is 0. The summed E-state index contributed by atoms with van der Waals surface area (Å²) in [7, 11) is 0. The van der Waals surface area contributed by atoms with E-state index < -0.39 is 17.5 Å². The van der Waals surface area contributed by atoms with Crippen LogP contribution in [0.3, 0.4) is 0 Å². The van der Waals surface area contributed by atoms with Gasteiger partial charge in [0.05, 0.1) is 0 Å². The van der Waals surface area contributed by atoms with E-state index in [4.69, 9.17) is 10.3 Å². The Kier molecular flexibility index (Phi) is 2.34. The molecule has 0 amide bonds. The van der Waals surface area contributed by atoms with Crippen LogP contribution >= 0.6 is 0 Å². The molecule has 2 aromatic rings. The molecule has 1 heterocycles. The van der Waals surface area contributed by atoms with Gasteiger partial charge in [0, 0.05) is 11.1 Å². The van der Waals surface area contributed by atoms with E-state index in [1.807, 2.05) is 0 Å². The van der Waals surface area contributed by atoms with Crippen molar-refractivity contribution >= 4 is 5.82 Å². The fourth-order valence-corrected chi connectivity index (χ4v) is 1.30. The van der Waals surface area contributed by atoms with E-state index in [2.05, 4.69) is 5.16 Å². The topological polar surface area (TPSA) is 52.0 Å². The van der Waals surface area contributed by atoms with Crippen LogP contribution < -0.4 is 5.73 Å². The first-order chi connectivity index (χ1) is 7.50. The number of hydrogen-bond acceptors (Lipinski definition) is 3. The van der Waals surface area contributed by atoms with Crippen molar-refractivity contribution in [2.45, 2.75) is 6.92 Å². The molecule has 0 aliphatic carbocycles. The number of nitrogens with two attached hydrogens (primary N) is 1. The predicted molar refractivity (Wildman–Crippen MR) is 51.0 cm³/mol. The molecule has 0 atom stereocenters. The monoisotopic (exact) mass is 228 g/mol. The number of anilines is 1. The lowest BCUT2D eigenvalue weighted by Gasteiger charge is -2.00. The van der Waals surface area contributed by atoms with E-state index in [1.165, 1.54) is 0 Å². The molecule has 3 nitrogen and oxygen atoms in total. The second-order valence-corrected chi connectivity index (χ2v) is 3.28. The largest absolute Gasteiger partial charge is 0.381 e. The third-order valence-electron chi connectivity index (χ3n) is 2.21. The average molecular weight is 228 g/mol. The lowest BCUT2D eigenvalue weighted by Crippen LogP contribution is -1.92. The van der Waals surface area contributed by atoms with Gasteiger partial charge in [0.2, 0.25) is 0 Å². The zero-order valence-corrected chi connectivity index (χ0v) is 8.22. The molecule has 0 bridgehead atoms. The van der Waals surface area contributed by atoms with Crippen molar-refractivity contribution in [2.24, 2.45) is 0 Å². The number of benzene rings is 1. The summed E-state index contributed by atoms with van der Waals surface area (Å²) >= 11 is 0. The zero-order chi connectivity index (χ0) is 11.9. The van der Waals surface area contributed by atoms with Crippen molar-refractivity contribution in [1.82, 2.24) is 5.16 Å². The molecular formula is C10H7F3N2O. The highest BCUT2D eigenvalue weighted by Crippen LogP contribution is 2.28. The van der Waals surface area contributed by atoms with Gasteiger partial charge in [-0.05, 0) is 19.1 Å². The number of rotatable bonds is 1. The van der Waals surface area contributed by atoms with Gasteiger partial charge < -0.3 is 10.3 Å². The first-order valence-electron chi connectivity index (χ1n) is 4.37. The molecule has 0 aliphatic rings. The third-order valence-corrected chi connectivity index (χ3v) is 2.21. The summed E-state index contributed by atoms with van der Waals surface area (Å²) in [5, 5.41) is 3.44. The van der Waals surface area contributed by atoms with Crippen molar-refractivity contribution < 1.29 is 17.7 Å². The molecule has 0 saturated heterocycles. The highest BCUT2D eigenvalue weighted by atomic mass is 19.2. The number of nitrogen functional groups attached to an aromatic ring is 1. The van der Waals surface area contributed by atoms with E-state index >= 15 is 0 Å². The van der Waals surface area contributed by atoms with Gasteiger partial charge in [-0.25, -0.2) is 13.2 Å². The van der Waals surface area contributed by atoms with Gasteiger partial charge in [-0.1, -0.05) is 5.16 Å². The van der Waals surface area contributed by atoms with E-state index in [-0.39, 0.29) is 17.1 Å². The minimum atomic E-state index is -1.52. The second-order valence-electron chi connectivity index (χ2n) is 3.28. The number of hydrogen-bond donors (Lipinski definition) is 1. The predicted octanol–water partition coefficient (Wildman–Crippen LogP) is 2.65. The van der Waals surface area contributed by atoms with Gasteiger partial charge in [-0.3, -0.25) is 0 Å². The van der Waals surface area contributed by atoms with Crippen LogP contribution in [0.5, 0.6) is 0 Å². The summed E-state index contributed by atoms with van der Waals surface area (Å²) in [5.74, 6) is -3.85. The lowest BCUT2D eigenvalue weighted by atomic mass is 10.1. The fourth-order valence-electron chi connectivity index (χ4n) is 1.30. The first kappa shape index (κ1) is 10.5. The maximum Gasteiger partial charge on any atom is 0.194 e. The molecular weight excluding hydrogens is 221 g/mol. The summed E-state index contributed by atoms with van der Waals surface area (Å²) in [6.07, 6.45) is 0. The second kappa shape index (κ2) is 3.55. The number of halogens is 3. The van der Waals surface area contributed by atoms with Crippen molar-refractivity contribution in [3.8, 4) is 11.3 Å². The molecule has 0 fully saturated rings. The Morgan fingerprint density at radius 2 is 1.75 bits per heavy atom. The van der Waals surface area contributed by atoms with Crippen LogP contribution in [0, 0.1) is 24.4 Å². The van der Waals surface area contributed by atoms with E-state index in [9.17, 15) is 13.2 Å². The van der Waals surface area contributed by atoms with Gasteiger partial charge >= 0.3 is 0 Å². The molecule has 1 aromatic carbocycles. The molecule has 84 valence electrons. The quantitative estimate of drug-likeness (QED) is 0.763. The molecule has 2 N–H and O–H groups in total. The van der Waals surface area contributed by atoms with Crippen LogP contribution in [0.1, 0.15) is 5.56 Å². The zero-order valence-electron chi connectivity index (χ0n) is 8.22. The van der Waals surface area contributed by atoms with E-state index in [1.54, 1.807) is 6.92 Å². The van der Waals surface area contributed by atoms with E-state index in [0.29, 0.717) is 5.56 Å². The van der Waals surface area contributed by atoms with Crippen molar-refractivity contribution in [2.75, 3.05) is 5.73 Å². The minimum Gasteiger partial charge on any atom is -0.381 e. The van der Waals surface area contributed by atoms with Gasteiger partial charge in [0.15, 0.2) is 29.0 Å². The lowest BCUT2D eigenvalue weighted by molar-refractivity contribution is 0.429. The summed E-state index contributed by atoms with van der Waals surface area (Å²) < 4.78 is 43.4. The van der Waals surface area contributed by atoms with Crippen LogP contribution in [0.15, 0.2) is 16.7 Å². The van der Waals surface area contributed by atoms with Crippen LogP contribution in [0.25, 0.3) is 11.3 Å². The molecule has 0 aliphatic heterocycles. The van der Waals surface area contributed by atoms with Crippen LogP contribution in [-0.4, -0.2) is 5.16 Å². The number of nitrogens with zero attached hydrogens (tertiary/aromatic N) is 1. The fraction of sp³-hybridized carbons (Fsp3) is 0.100. The SMILES string of the molecule is Cc1c(N)noc1-c1cc(F)c(F)c(F)c1. The standard InChI is InChI=1S/C10H7F3N2O/c1-4-9(16-15-10(4)14)5-2-6(11)8(13)7(12)3-5/h2-3H,1H3,(H2,14,15). The number of aromatic nitrogens is 1. The van der Waals surface area contributed by atoms with Gasteiger partial charge in [-0.15, -0.1) is 0 Å². The van der Waals surface area contributed by atoms with Crippen LogP contribution in [-0.2, 0) is 0 Å². The third kappa shape index (κ3) is 1.52.